The molecule has 0 saturated heterocycles. The largest absolute Gasteiger partial charge is 0.481 e. The standard InChI is InChI=1S/C13H17ClN2O3/c1-7(12(17)18)9(3)15-13(19)16-11-6-4-5-10(14)8(11)2/h4-7,9H,1-3H3,(H,17,18)(H2,15,16,19). The predicted octanol–water partition coefficient (Wildman–Crippen LogP) is 2.88. The SMILES string of the molecule is Cc1c(Cl)cccc1NC(=O)NC(C)C(C)C(=O)O. The second-order valence-electron chi connectivity index (χ2n) is 4.43. The number of nitrogens with one attached hydrogen (secondary N) is 2. The zero-order chi connectivity index (χ0) is 14.6. The van der Waals surface area contributed by atoms with Crippen molar-refractivity contribution < 1.29 is 14.7 Å². The molecule has 1 rings (SSSR count). The van der Waals surface area contributed by atoms with E-state index in [1.807, 2.05) is 0 Å². The van der Waals surface area contributed by atoms with Crippen LogP contribution in [-0.4, -0.2) is 23.1 Å². The predicted molar refractivity (Wildman–Crippen MR) is 74.6 cm³/mol. The van der Waals surface area contributed by atoms with Crippen LogP contribution >= 0.6 is 11.6 Å². The first-order valence-corrected chi connectivity index (χ1v) is 6.26. The molecular formula is C13H17ClN2O3. The fraction of sp³-hybridized carbons (Fsp3) is 0.385. The number of anilines is 1. The van der Waals surface area contributed by atoms with Gasteiger partial charge in [0.2, 0.25) is 0 Å². The fourth-order valence-electron chi connectivity index (χ4n) is 1.45. The second-order valence-corrected chi connectivity index (χ2v) is 4.83. The Labute approximate surface area is 117 Å². The van der Waals surface area contributed by atoms with Crippen LogP contribution in [0.1, 0.15) is 19.4 Å². The van der Waals surface area contributed by atoms with Crippen LogP contribution in [0.25, 0.3) is 0 Å². The van der Waals surface area contributed by atoms with Crippen molar-refractivity contribution in [3.63, 3.8) is 0 Å². The van der Waals surface area contributed by atoms with E-state index >= 15 is 0 Å². The van der Waals surface area contributed by atoms with E-state index in [0.29, 0.717) is 10.7 Å². The van der Waals surface area contributed by atoms with Crippen molar-refractivity contribution in [1.29, 1.82) is 0 Å². The van der Waals surface area contributed by atoms with Crippen molar-refractivity contribution in [1.82, 2.24) is 5.32 Å². The number of carbonyl (C=O) groups is 2. The lowest BCUT2D eigenvalue weighted by Crippen LogP contribution is -2.42. The fourth-order valence-corrected chi connectivity index (χ4v) is 1.62. The molecule has 0 aliphatic rings. The quantitative estimate of drug-likeness (QED) is 0.795. The van der Waals surface area contributed by atoms with Crippen molar-refractivity contribution in [2.24, 2.45) is 5.92 Å². The summed E-state index contributed by atoms with van der Waals surface area (Å²) in [6, 6.07) is 4.26. The highest BCUT2D eigenvalue weighted by atomic mass is 35.5. The molecule has 5 nitrogen and oxygen atoms in total. The molecule has 0 bridgehead atoms. The van der Waals surface area contributed by atoms with E-state index < -0.39 is 24.0 Å². The molecule has 1 aromatic rings. The van der Waals surface area contributed by atoms with Crippen LogP contribution < -0.4 is 10.6 Å². The van der Waals surface area contributed by atoms with Gasteiger partial charge in [-0.15, -0.1) is 0 Å². The second kappa shape index (κ2) is 6.43. The number of hydrogen-bond acceptors (Lipinski definition) is 2. The average Bonchev–Trinajstić information content (AvgIpc) is 2.33. The van der Waals surface area contributed by atoms with Crippen LogP contribution in [0.2, 0.25) is 5.02 Å². The molecule has 2 unspecified atom stereocenters. The first kappa shape index (κ1) is 15.3. The number of benzene rings is 1. The third kappa shape index (κ3) is 4.13. The number of amides is 2. The zero-order valence-corrected chi connectivity index (χ0v) is 11.8. The molecule has 104 valence electrons. The van der Waals surface area contributed by atoms with E-state index in [0.717, 1.165) is 5.56 Å². The van der Waals surface area contributed by atoms with Crippen LogP contribution in [0.4, 0.5) is 10.5 Å². The van der Waals surface area contributed by atoms with E-state index in [-0.39, 0.29) is 0 Å². The summed E-state index contributed by atoms with van der Waals surface area (Å²) in [6.07, 6.45) is 0. The van der Waals surface area contributed by atoms with E-state index in [2.05, 4.69) is 10.6 Å². The molecule has 0 aromatic heterocycles. The van der Waals surface area contributed by atoms with Crippen molar-refractivity contribution in [3.8, 4) is 0 Å². The average molecular weight is 285 g/mol. The highest BCUT2D eigenvalue weighted by Gasteiger charge is 2.21. The summed E-state index contributed by atoms with van der Waals surface area (Å²) >= 11 is 5.95. The molecule has 0 saturated carbocycles. The molecule has 2 amide bonds. The number of aliphatic carboxylic acids is 1. The number of carboxylic acids is 1. The van der Waals surface area contributed by atoms with Crippen LogP contribution in [0.5, 0.6) is 0 Å². The van der Waals surface area contributed by atoms with Gasteiger partial charge in [-0.3, -0.25) is 4.79 Å². The normalized spacial score (nSPS) is 13.5. The minimum Gasteiger partial charge on any atom is -0.481 e. The summed E-state index contributed by atoms with van der Waals surface area (Å²) in [6.45, 7) is 4.97. The Morgan fingerprint density at radius 1 is 1.32 bits per heavy atom. The van der Waals surface area contributed by atoms with Gasteiger partial charge in [-0.1, -0.05) is 17.7 Å². The monoisotopic (exact) mass is 284 g/mol. The minimum atomic E-state index is -0.952. The van der Waals surface area contributed by atoms with Gasteiger partial charge >= 0.3 is 12.0 Å². The smallest absolute Gasteiger partial charge is 0.319 e. The first-order valence-electron chi connectivity index (χ1n) is 5.88. The Morgan fingerprint density at radius 3 is 2.53 bits per heavy atom. The molecule has 0 aliphatic carbocycles. The highest BCUT2D eigenvalue weighted by Crippen LogP contribution is 2.22. The number of hydrogen-bond donors (Lipinski definition) is 3. The Hall–Kier alpha value is -1.75. The van der Waals surface area contributed by atoms with Gasteiger partial charge in [-0.25, -0.2) is 4.79 Å². The lowest BCUT2D eigenvalue weighted by Gasteiger charge is -2.18. The van der Waals surface area contributed by atoms with Gasteiger partial charge < -0.3 is 15.7 Å². The van der Waals surface area contributed by atoms with Gasteiger partial charge in [0.15, 0.2) is 0 Å². The van der Waals surface area contributed by atoms with Crippen LogP contribution in [0, 0.1) is 12.8 Å². The lowest BCUT2D eigenvalue weighted by atomic mass is 10.0. The van der Waals surface area contributed by atoms with Gasteiger partial charge in [0.1, 0.15) is 0 Å². The molecular weight excluding hydrogens is 268 g/mol. The number of carboxylic acid groups (broad SMARTS) is 1. The number of urea groups is 1. The zero-order valence-electron chi connectivity index (χ0n) is 11.0. The molecule has 2 atom stereocenters. The highest BCUT2D eigenvalue weighted by molar-refractivity contribution is 6.31. The summed E-state index contributed by atoms with van der Waals surface area (Å²) in [5.41, 5.74) is 1.36. The van der Waals surface area contributed by atoms with Gasteiger partial charge in [-0.05, 0) is 38.5 Å². The summed E-state index contributed by atoms with van der Waals surface area (Å²) < 4.78 is 0. The molecule has 3 N–H and O–H groups in total. The van der Waals surface area contributed by atoms with Gasteiger partial charge in [0.25, 0.3) is 0 Å². The Morgan fingerprint density at radius 2 is 1.95 bits per heavy atom. The molecule has 0 spiro atoms. The number of rotatable bonds is 4. The van der Waals surface area contributed by atoms with Gasteiger partial charge in [0.05, 0.1) is 5.92 Å². The van der Waals surface area contributed by atoms with Crippen LogP contribution in [0.15, 0.2) is 18.2 Å². The van der Waals surface area contributed by atoms with E-state index in [1.54, 1.807) is 32.0 Å². The van der Waals surface area contributed by atoms with Gasteiger partial charge in [-0.2, -0.15) is 0 Å². The molecule has 0 fully saturated rings. The van der Waals surface area contributed by atoms with Crippen molar-refractivity contribution in [2.75, 3.05) is 5.32 Å². The Balaban J connectivity index is 2.66. The summed E-state index contributed by atoms with van der Waals surface area (Å²) in [5, 5.41) is 14.6. The maximum atomic E-state index is 11.8. The molecule has 6 heteroatoms. The van der Waals surface area contributed by atoms with E-state index in [1.165, 1.54) is 6.92 Å². The van der Waals surface area contributed by atoms with Crippen LogP contribution in [0.3, 0.4) is 0 Å². The minimum absolute atomic E-state index is 0.453. The number of halogens is 1. The summed E-state index contributed by atoms with van der Waals surface area (Å²) in [5.74, 6) is -1.61. The lowest BCUT2D eigenvalue weighted by molar-refractivity contribution is -0.141. The molecule has 1 aromatic carbocycles. The Kier molecular flexibility index (Phi) is 5.18. The first-order chi connectivity index (χ1) is 8.82. The summed E-state index contributed by atoms with van der Waals surface area (Å²) in [4.78, 5) is 22.5. The third-order valence-electron chi connectivity index (χ3n) is 3.01. The maximum absolute atomic E-state index is 11.8. The van der Waals surface area contributed by atoms with Crippen LogP contribution in [-0.2, 0) is 4.79 Å². The molecule has 0 radical (unpaired) electrons. The van der Waals surface area contributed by atoms with Crippen molar-refractivity contribution in [2.45, 2.75) is 26.8 Å². The molecule has 19 heavy (non-hydrogen) atoms. The topological polar surface area (TPSA) is 78.4 Å². The van der Waals surface area contributed by atoms with Crippen molar-refractivity contribution in [3.05, 3.63) is 28.8 Å². The van der Waals surface area contributed by atoms with Crippen molar-refractivity contribution >= 4 is 29.3 Å². The van der Waals surface area contributed by atoms with Gasteiger partial charge in [0, 0.05) is 16.8 Å². The Bertz CT molecular complexity index is 491. The molecule has 0 heterocycles. The summed E-state index contributed by atoms with van der Waals surface area (Å²) in [7, 11) is 0. The van der Waals surface area contributed by atoms with E-state index in [4.69, 9.17) is 16.7 Å². The van der Waals surface area contributed by atoms with E-state index in [9.17, 15) is 9.59 Å². The third-order valence-corrected chi connectivity index (χ3v) is 3.42. The molecule has 0 aliphatic heterocycles. The number of carbonyl (C=O) groups excluding carboxylic acids is 1. The maximum Gasteiger partial charge on any atom is 0.319 e.